The van der Waals surface area contributed by atoms with Crippen LogP contribution in [0.2, 0.25) is 0 Å². The van der Waals surface area contributed by atoms with Gasteiger partial charge < -0.3 is 40.7 Å². The van der Waals surface area contributed by atoms with E-state index in [-0.39, 0.29) is 138 Å². The van der Waals surface area contributed by atoms with Crippen molar-refractivity contribution >= 4 is 23.5 Å². The number of carbonyl (C=O) groups excluding carboxylic acids is 1. The van der Waals surface area contributed by atoms with Crippen LogP contribution in [-0.2, 0) is 19.2 Å². The van der Waals surface area contributed by atoms with E-state index in [2.05, 4.69) is 29.6 Å². The van der Waals surface area contributed by atoms with Crippen molar-refractivity contribution < 1.29 is 152 Å². The molecule has 4 aliphatic heterocycles. The van der Waals surface area contributed by atoms with Gasteiger partial charge in [0.1, 0.15) is 5.75 Å². The van der Waals surface area contributed by atoms with E-state index in [1.165, 1.54) is 40.0 Å². The van der Waals surface area contributed by atoms with Gasteiger partial charge in [-0.25, -0.2) is 4.39 Å². The monoisotopic (exact) mass is 830 g/mol. The molecule has 17 nitrogen and oxygen atoms in total. The number of hydrogen-bond acceptors (Lipinski definition) is 15. The van der Waals surface area contributed by atoms with Gasteiger partial charge in [-0.15, -0.1) is 0 Å². The summed E-state index contributed by atoms with van der Waals surface area (Å²) in [6.07, 6.45) is 4.83. The van der Waals surface area contributed by atoms with Crippen molar-refractivity contribution in [3.05, 3.63) is 61.4 Å². The van der Waals surface area contributed by atoms with Gasteiger partial charge in [0, 0.05) is 62.5 Å². The van der Waals surface area contributed by atoms with Crippen LogP contribution < -0.4 is 128 Å². The first-order chi connectivity index (χ1) is 25.5. The van der Waals surface area contributed by atoms with Crippen molar-refractivity contribution in [2.45, 2.75) is 51.6 Å². The smallest absolute Gasteiger partial charge is 1.00 e. The third-order valence-corrected chi connectivity index (χ3v) is 9.64. The molecule has 0 aromatic heterocycles. The number of benzene rings is 2. The summed E-state index contributed by atoms with van der Waals surface area (Å²) in [5.74, 6) is -0.125. The molecule has 0 radical (unpaired) electrons. The van der Waals surface area contributed by atoms with E-state index >= 15 is 0 Å². The maximum atomic E-state index is 12.9. The van der Waals surface area contributed by atoms with Gasteiger partial charge in [-0.1, -0.05) is 0 Å². The predicted octanol–water partition coefficient (Wildman–Crippen LogP) is -3.11. The first-order valence-electron chi connectivity index (χ1n) is 17.7. The van der Waals surface area contributed by atoms with Crippen molar-refractivity contribution in [2.24, 2.45) is 0 Å². The second-order valence-corrected chi connectivity index (χ2v) is 12.8. The number of nitrogens with one attached hydrogen (secondary N) is 1. The fourth-order valence-corrected chi connectivity index (χ4v) is 6.79. The zero-order valence-corrected chi connectivity index (χ0v) is 39.2. The number of nitro benzene ring substituents is 2. The molecule has 0 spiro atoms. The van der Waals surface area contributed by atoms with Crippen LogP contribution >= 0.6 is 0 Å². The van der Waals surface area contributed by atoms with Crippen molar-refractivity contribution in [2.75, 3.05) is 97.9 Å². The molecule has 55 heavy (non-hydrogen) atoms. The third kappa shape index (κ3) is 17.1. The molecule has 4 saturated heterocycles. The van der Waals surface area contributed by atoms with E-state index in [9.17, 15) is 24.6 Å². The van der Waals surface area contributed by atoms with Crippen LogP contribution in [0.25, 0.3) is 0 Å². The Kier molecular flexibility index (Phi) is 27.0. The number of ether oxygens (including phenoxy) is 4. The van der Waals surface area contributed by atoms with E-state index in [0.29, 0.717) is 17.4 Å². The Bertz CT molecular complexity index is 1450. The van der Waals surface area contributed by atoms with Gasteiger partial charge >= 0.3 is 103 Å². The van der Waals surface area contributed by atoms with E-state index in [1.807, 2.05) is 6.07 Å². The fourth-order valence-electron chi connectivity index (χ4n) is 6.79. The van der Waals surface area contributed by atoms with Gasteiger partial charge in [-0.3, -0.25) is 34.8 Å². The maximum absolute atomic E-state index is 12.9. The molecule has 0 unspecified atom stereocenters. The second kappa shape index (κ2) is 28.5. The van der Waals surface area contributed by atoms with Crippen molar-refractivity contribution in [3.63, 3.8) is 0 Å². The summed E-state index contributed by atoms with van der Waals surface area (Å²) in [5, 5.41) is 33.4. The van der Waals surface area contributed by atoms with Crippen LogP contribution in [-0.4, -0.2) is 131 Å². The predicted molar refractivity (Wildman–Crippen MR) is 193 cm³/mol. The molecule has 0 aliphatic carbocycles. The molecule has 4 fully saturated rings. The molecule has 4 aliphatic rings. The maximum Gasteiger partial charge on any atom is 1.00 e. The van der Waals surface area contributed by atoms with Crippen molar-refractivity contribution in [1.82, 2.24) is 15.1 Å². The first kappa shape index (κ1) is 52.1. The minimum atomic E-state index is -0.592. The zero-order chi connectivity index (χ0) is 38.8. The molecular weight excluding hydrogens is 778 g/mol. The van der Waals surface area contributed by atoms with Gasteiger partial charge in [0.15, 0.2) is 11.6 Å². The van der Waals surface area contributed by atoms with Crippen LogP contribution in [0.5, 0.6) is 11.5 Å². The minimum absolute atomic E-state index is 0. The van der Waals surface area contributed by atoms with Crippen LogP contribution in [0.3, 0.4) is 0 Å². The standard InChI is InChI=1S/C17H25N3O4.C9H18N2O.C8H8FNO3.CH2O3.2K.H/c1-13-11-16(17(23-2)12-15(13)20(21)22)19-5-3-14(4-6-19)18-7-9-24-10-8-18;1-3-10-4-2-9(1)11-5-7-12-8-6-11;1-5-3-6(9)8(13-2)4-7(5)10(11)12;2-1-4-3;;;/h11-12,14H,3-10H2,1-2H3;9-10H,1-8H2;3-4H,1-2H3;1,3H;;;/q;;;;2*+1;-1/p-1. The molecule has 20 heteroatoms. The Morgan fingerprint density at radius 1 is 0.764 bits per heavy atom. The average Bonchev–Trinajstić information content (AvgIpc) is 3.19. The molecular formula is C35H53FK2N6O11. The van der Waals surface area contributed by atoms with E-state index in [1.54, 1.807) is 20.1 Å². The molecule has 2 aromatic carbocycles. The van der Waals surface area contributed by atoms with Gasteiger partial charge in [0.2, 0.25) is 0 Å². The summed E-state index contributed by atoms with van der Waals surface area (Å²) in [6.45, 7) is 15.2. The number of carbonyl (C=O) groups is 1. The Morgan fingerprint density at radius 3 is 1.60 bits per heavy atom. The third-order valence-electron chi connectivity index (χ3n) is 9.64. The average molecular weight is 831 g/mol. The number of piperidine rings is 2. The van der Waals surface area contributed by atoms with E-state index in [0.717, 1.165) is 102 Å². The number of rotatable bonds is 8. The molecule has 0 atom stereocenters. The van der Waals surface area contributed by atoms with Crippen LogP contribution in [0.15, 0.2) is 24.3 Å². The summed E-state index contributed by atoms with van der Waals surface area (Å²) < 4.78 is 33.7. The summed E-state index contributed by atoms with van der Waals surface area (Å²) >= 11 is 0. The topological polar surface area (TPSA) is 194 Å². The van der Waals surface area contributed by atoms with E-state index in [4.69, 9.17) is 24.3 Å². The minimum Gasteiger partial charge on any atom is -1.00 e. The largest absolute Gasteiger partial charge is 1.00 e. The SMILES string of the molecule is C1CC(N2CCOCC2)CCN1.COc1cc([N+](=O)[O-])c(C)cc1F.COc1cc([N+](=O)[O-])c(C)cc1N1CCC(N2CCOCC2)CC1.O=CO[O-].[H-].[K+].[K+]. The summed E-state index contributed by atoms with van der Waals surface area (Å²) in [6, 6.07) is 7.01. The van der Waals surface area contributed by atoms with Crippen LogP contribution in [0.4, 0.5) is 21.5 Å². The molecule has 2 aromatic rings. The molecule has 298 valence electrons. The number of aryl methyl sites for hydroxylation is 2. The van der Waals surface area contributed by atoms with Gasteiger partial charge in [-0.05, 0) is 64.8 Å². The normalized spacial score (nSPS) is 17.8. The number of nitro groups is 2. The number of anilines is 1. The molecule has 6 rings (SSSR count). The molecule has 4 heterocycles. The van der Waals surface area contributed by atoms with Crippen molar-refractivity contribution in [1.29, 1.82) is 0 Å². The molecule has 0 saturated carbocycles. The summed E-state index contributed by atoms with van der Waals surface area (Å²) in [4.78, 5) is 39.3. The number of morpholine rings is 2. The Hall–Kier alpha value is -0.927. The quantitative estimate of drug-likeness (QED) is 0.0924. The Labute approximate surface area is 408 Å². The summed E-state index contributed by atoms with van der Waals surface area (Å²) in [7, 11) is 2.83. The van der Waals surface area contributed by atoms with E-state index < -0.39 is 10.7 Å². The number of nitrogens with zero attached hydrogens (tertiary/aromatic N) is 5. The molecule has 1 N–H and O–H groups in total. The van der Waals surface area contributed by atoms with Gasteiger partial charge in [-0.2, -0.15) is 0 Å². The van der Waals surface area contributed by atoms with Gasteiger partial charge in [0.25, 0.3) is 17.8 Å². The van der Waals surface area contributed by atoms with Gasteiger partial charge in [0.05, 0.1) is 68.3 Å². The first-order valence-corrected chi connectivity index (χ1v) is 17.7. The number of methoxy groups -OCH3 is 2. The van der Waals surface area contributed by atoms with Crippen LogP contribution in [0, 0.1) is 39.9 Å². The van der Waals surface area contributed by atoms with Crippen molar-refractivity contribution in [3.8, 4) is 11.5 Å². The van der Waals surface area contributed by atoms with Crippen LogP contribution in [0.1, 0.15) is 38.2 Å². The second-order valence-electron chi connectivity index (χ2n) is 12.8. The summed E-state index contributed by atoms with van der Waals surface area (Å²) in [5.41, 5.74) is 1.88. The fraction of sp³-hybridized carbons (Fsp3) is 0.629. The number of hydrogen-bond donors (Lipinski definition) is 1. The Balaban J connectivity index is 0.000000807. The molecule has 0 bridgehead atoms. The molecule has 0 amide bonds. The Morgan fingerprint density at radius 2 is 1.18 bits per heavy atom. The zero-order valence-electron chi connectivity index (χ0n) is 34.0. The number of halogens is 1.